The van der Waals surface area contributed by atoms with E-state index in [0.29, 0.717) is 49.8 Å². The zero-order valence-electron chi connectivity index (χ0n) is 18.4. The molecule has 0 radical (unpaired) electrons. The smallest absolute Gasteiger partial charge is 0.255 e. The Morgan fingerprint density at radius 1 is 1.35 bits per heavy atom. The highest BCUT2D eigenvalue weighted by Gasteiger charge is 2.28. The Bertz CT molecular complexity index is 780. The van der Waals surface area contributed by atoms with Crippen molar-refractivity contribution in [1.82, 2.24) is 10.2 Å². The molecule has 0 aliphatic carbocycles. The van der Waals surface area contributed by atoms with Crippen LogP contribution >= 0.6 is 0 Å². The van der Waals surface area contributed by atoms with Crippen LogP contribution in [0.25, 0.3) is 0 Å². The molecule has 1 amide bonds. The standard InChI is InChI=1S/C23H34N4O4/c1-2-8-25-18-13-19(22-21(14-18)30-11-5-12-31-22)23(29)26-15-17-6-10-27(16-20(17)28)9-4-3-7-24/h13-14,17,20,25,28H,2-6,8-12,15-16H2,1H3,(H,26,29)/t17-,20?/m0/s1. The van der Waals surface area contributed by atoms with Gasteiger partial charge in [0.1, 0.15) is 0 Å². The van der Waals surface area contributed by atoms with Crippen LogP contribution < -0.4 is 20.1 Å². The predicted octanol–water partition coefficient (Wildman–Crippen LogP) is 2.39. The van der Waals surface area contributed by atoms with E-state index in [9.17, 15) is 9.90 Å². The molecule has 0 bridgehead atoms. The fraction of sp³-hybridized carbons (Fsp3) is 0.652. The van der Waals surface area contributed by atoms with Gasteiger partial charge in [0, 0.05) is 50.1 Å². The highest BCUT2D eigenvalue weighted by atomic mass is 16.5. The summed E-state index contributed by atoms with van der Waals surface area (Å²) in [5.41, 5.74) is 1.29. The molecule has 2 aliphatic rings. The Balaban J connectivity index is 1.61. The van der Waals surface area contributed by atoms with E-state index >= 15 is 0 Å². The lowest BCUT2D eigenvalue weighted by Crippen LogP contribution is -2.47. The summed E-state index contributed by atoms with van der Waals surface area (Å²) in [7, 11) is 0. The first kappa shape index (κ1) is 23.2. The minimum Gasteiger partial charge on any atom is -0.489 e. The molecule has 3 rings (SSSR count). The molecule has 2 atom stereocenters. The summed E-state index contributed by atoms with van der Waals surface area (Å²) in [6.07, 6.45) is 3.42. The molecule has 31 heavy (non-hydrogen) atoms. The molecular formula is C23H34N4O4. The van der Waals surface area contributed by atoms with Gasteiger partial charge in [-0.2, -0.15) is 5.26 Å². The van der Waals surface area contributed by atoms with Crippen LogP contribution in [0.4, 0.5) is 5.69 Å². The van der Waals surface area contributed by atoms with E-state index in [0.717, 1.165) is 51.0 Å². The van der Waals surface area contributed by atoms with E-state index < -0.39 is 6.10 Å². The summed E-state index contributed by atoms with van der Waals surface area (Å²) < 4.78 is 11.7. The number of hydrogen-bond acceptors (Lipinski definition) is 7. The zero-order valence-corrected chi connectivity index (χ0v) is 18.4. The van der Waals surface area contributed by atoms with E-state index in [4.69, 9.17) is 14.7 Å². The average molecular weight is 431 g/mol. The molecule has 0 spiro atoms. The van der Waals surface area contributed by atoms with Crippen LogP contribution in [0, 0.1) is 17.2 Å². The fourth-order valence-electron chi connectivity index (χ4n) is 4.00. The van der Waals surface area contributed by atoms with Crippen LogP contribution in [0.15, 0.2) is 12.1 Å². The minimum atomic E-state index is -0.495. The number of carbonyl (C=O) groups excluding carboxylic acids is 1. The Morgan fingerprint density at radius 2 is 2.19 bits per heavy atom. The number of nitrogens with one attached hydrogen (secondary N) is 2. The minimum absolute atomic E-state index is 0.00772. The molecule has 170 valence electrons. The van der Waals surface area contributed by atoms with Gasteiger partial charge in [-0.15, -0.1) is 0 Å². The monoisotopic (exact) mass is 430 g/mol. The molecule has 1 saturated heterocycles. The van der Waals surface area contributed by atoms with Crippen molar-refractivity contribution in [3.8, 4) is 17.6 Å². The van der Waals surface area contributed by atoms with Crippen molar-refractivity contribution in [3.05, 3.63) is 17.7 Å². The number of nitrogens with zero attached hydrogens (tertiary/aromatic N) is 2. The number of amides is 1. The second-order valence-corrected chi connectivity index (χ2v) is 8.22. The molecule has 8 heteroatoms. The fourth-order valence-corrected chi connectivity index (χ4v) is 4.00. The molecule has 0 saturated carbocycles. The molecule has 2 heterocycles. The van der Waals surface area contributed by atoms with Gasteiger partial charge in [-0.1, -0.05) is 6.92 Å². The quantitative estimate of drug-likeness (QED) is 0.516. The highest BCUT2D eigenvalue weighted by Crippen LogP contribution is 2.36. The number of nitriles is 1. The van der Waals surface area contributed by atoms with E-state index in [1.165, 1.54) is 0 Å². The highest BCUT2D eigenvalue weighted by molar-refractivity contribution is 5.99. The Kier molecular flexibility index (Phi) is 8.80. The normalized spacial score (nSPS) is 21.1. The SMILES string of the molecule is CCCNc1cc2c(c(C(=O)NC[C@@H]3CCN(CCCC#N)CC3O)c1)OCCCO2. The first-order valence-electron chi connectivity index (χ1n) is 11.4. The number of aliphatic hydroxyl groups excluding tert-OH is 1. The molecule has 1 aromatic rings. The molecule has 0 aromatic heterocycles. The Labute approximate surface area is 184 Å². The van der Waals surface area contributed by atoms with Crippen LogP contribution in [0.3, 0.4) is 0 Å². The van der Waals surface area contributed by atoms with Gasteiger partial charge in [0.15, 0.2) is 11.5 Å². The molecular weight excluding hydrogens is 396 g/mol. The Morgan fingerprint density at radius 3 is 2.97 bits per heavy atom. The maximum absolute atomic E-state index is 13.0. The number of hydrogen-bond donors (Lipinski definition) is 3. The third-order valence-electron chi connectivity index (χ3n) is 5.76. The summed E-state index contributed by atoms with van der Waals surface area (Å²) in [6, 6.07) is 5.86. The van der Waals surface area contributed by atoms with Crippen molar-refractivity contribution in [3.63, 3.8) is 0 Å². The topological polar surface area (TPSA) is 107 Å². The van der Waals surface area contributed by atoms with Crippen molar-refractivity contribution in [2.24, 2.45) is 5.92 Å². The zero-order chi connectivity index (χ0) is 22.1. The maximum atomic E-state index is 13.0. The second-order valence-electron chi connectivity index (χ2n) is 8.22. The summed E-state index contributed by atoms with van der Waals surface area (Å²) in [4.78, 5) is 15.2. The molecule has 8 nitrogen and oxygen atoms in total. The third-order valence-corrected chi connectivity index (χ3v) is 5.76. The summed E-state index contributed by atoms with van der Waals surface area (Å²) >= 11 is 0. The lowest BCUT2D eigenvalue weighted by Gasteiger charge is -2.36. The largest absolute Gasteiger partial charge is 0.489 e. The number of carbonyl (C=O) groups is 1. The number of rotatable bonds is 9. The number of benzene rings is 1. The van der Waals surface area contributed by atoms with Crippen LogP contribution in [-0.2, 0) is 0 Å². The summed E-state index contributed by atoms with van der Waals surface area (Å²) in [6.45, 7) is 6.64. The van der Waals surface area contributed by atoms with Crippen LogP contribution in [0.1, 0.15) is 49.4 Å². The number of likely N-dealkylation sites (tertiary alicyclic amines) is 1. The van der Waals surface area contributed by atoms with E-state index in [1.807, 2.05) is 12.1 Å². The molecule has 1 aromatic carbocycles. The first-order valence-corrected chi connectivity index (χ1v) is 11.4. The van der Waals surface area contributed by atoms with E-state index in [1.54, 1.807) is 0 Å². The summed E-state index contributed by atoms with van der Waals surface area (Å²) in [5.74, 6) is 0.873. The van der Waals surface area contributed by atoms with Gasteiger partial charge in [-0.25, -0.2) is 0 Å². The average Bonchev–Trinajstić information content (AvgIpc) is 3.02. The van der Waals surface area contributed by atoms with Crippen molar-refractivity contribution in [1.29, 1.82) is 5.26 Å². The van der Waals surface area contributed by atoms with Crippen molar-refractivity contribution < 1.29 is 19.4 Å². The van der Waals surface area contributed by atoms with Gasteiger partial charge in [0.2, 0.25) is 0 Å². The van der Waals surface area contributed by atoms with Gasteiger partial charge in [0.25, 0.3) is 5.91 Å². The number of β-amino-alcohol motifs (C(OH)–C–C–N with tert-alkyl or cyclic N) is 1. The van der Waals surface area contributed by atoms with Gasteiger partial charge >= 0.3 is 0 Å². The number of unbranched alkanes of at least 4 members (excludes halogenated alkanes) is 1. The van der Waals surface area contributed by atoms with Crippen LogP contribution in [0.2, 0.25) is 0 Å². The lowest BCUT2D eigenvalue weighted by atomic mass is 9.93. The van der Waals surface area contributed by atoms with Gasteiger partial charge in [-0.05, 0) is 38.4 Å². The first-order chi connectivity index (χ1) is 15.1. The van der Waals surface area contributed by atoms with Gasteiger partial charge < -0.3 is 30.1 Å². The van der Waals surface area contributed by atoms with Gasteiger partial charge in [0.05, 0.1) is 31.0 Å². The van der Waals surface area contributed by atoms with Crippen molar-refractivity contribution in [2.45, 2.75) is 45.1 Å². The van der Waals surface area contributed by atoms with Crippen molar-refractivity contribution in [2.75, 3.05) is 51.3 Å². The number of ether oxygens (including phenoxy) is 2. The van der Waals surface area contributed by atoms with E-state index in [-0.39, 0.29) is 11.8 Å². The lowest BCUT2D eigenvalue weighted by molar-refractivity contribution is 0.0219. The molecule has 3 N–H and O–H groups in total. The van der Waals surface area contributed by atoms with Crippen molar-refractivity contribution >= 4 is 11.6 Å². The Hall–Kier alpha value is -2.50. The number of aliphatic hydroxyl groups is 1. The number of piperidine rings is 1. The summed E-state index contributed by atoms with van der Waals surface area (Å²) in [5, 5.41) is 25.5. The molecule has 2 aliphatic heterocycles. The predicted molar refractivity (Wildman–Crippen MR) is 119 cm³/mol. The number of anilines is 1. The molecule has 1 fully saturated rings. The number of fused-ring (bicyclic) bond motifs is 1. The third kappa shape index (κ3) is 6.49. The van der Waals surface area contributed by atoms with Gasteiger partial charge in [-0.3, -0.25) is 4.79 Å². The second kappa shape index (κ2) is 11.8. The molecule has 1 unspecified atom stereocenters. The van der Waals surface area contributed by atoms with Crippen LogP contribution in [0.5, 0.6) is 11.5 Å². The van der Waals surface area contributed by atoms with E-state index in [2.05, 4.69) is 28.5 Å². The maximum Gasteiger partial charge on any atom is 0.255 e. The van der Waals surface area contributed by atoms with Crippen LogP contribution in [-0.4, -0.2) is 68.0 Å².